The molecule has 0 aliphatic carbocycles. The maximum atomic E-state index is 11.1. The van der Waals surface area contributed by atoms with Gasteiger partial charge < -0.3 is 20.1 Å². The predicted molar refractivity (Wildman–Crippen MR) is 74.8 cm³/mol. The number of amides is 1. The smallest absolute Gasteiger partial charge is 0.246 e. The third-order valence-electron chi connectivity index (χ3n) is 1.73. The first-order chi connectivity index (χ1) is 8.66. The topological polar surface area (TPSA) is 59.6 Å². The average Bonchev–Trinajstić information content (AvgIpc) is 2.34. The molecule has 0 atom stereocenters. The summed E-state index contributed by atoms with van der Waals surface area (Å²) in [5.74, 6) is -0.0809. The van der Waals surface area contributed by atoms with Crippen LogP contribution >= 0.6 is 0 Å². The van der Waals surface area contributed by atoms with E-state index in [1.165, 1.54) is 0 Å². The van der Waals surface area contributed by atoms with Gasteiger partial charge in [-0.3, -0.25) is 4.79 Å². The van der Waals surface area contributed by atoms with Crippen molar-refractivity contribution in [2.75, 3.05) is 39.5 Å². The molecule has 18 heavy (non-hydrogen) atoms. The summed E-state index contributed by atoms with van der Waals surface area (Å²) < 4.78 is 10.4. The van der Waals surface area contributed by atoms with Gasteiger partial charge in [-0.05, 0) is 20.4 Å². The van der Waals surface area contributed by atoms with E-state index in [0.29, 0.717) is 19.8 Å². The van der Waals surface area contributed by atoms with Crippen LogP contribution in [0.3, 0.4) is 0 Å². The number of carbonyl (C=O) groups excluding carboxylic acids is 1. The van der Waals surface area contributed by atoms with E-state index in [0.717, 1.165) is 13.1 Å². The number of carbonyl (C=O) groups is 1. The Balaban J connectivity index is 0. The highest BCUT2D eigenvalue weighted by Crippen LogP contribution is 1.81. The Morgan fingerprint density at radius 1 is 1.11 bits per heavy atom. The number of ether oxygens (including phenoxy) is 2. The van der Waals surface area contributed by atoms with Crippen LogP contribution in [0, 0.1) is 0 Å². The van der Waals surface area contributed by atoms with Crippen LogP contribution in [-0.4, -0.2) is 51.5 Å². The van der Waals surface area contributed by atoms with Crippen molar-refractivity contribution in [2.45, 2.75) is 40.7 Å². The van der Waals surface area contributed by atoms with E-state index in [4.69, 9.17) is 9.47 Å². The Kier molecular flexibility index (Phi) is 17.9. The van der Waals surface area contributed by atoms with Gasteiger partial charge in [0.1, 0.15) is 6.61 Å². The second-order valence-electron chi connectivity index (χ2n) is 3.74. The van der Waals surface area contributed by atoms with Gasteiger partial charge in [-0.15, -0.1) is 0 Å². The molecule has 0 spiro atoms. The molecule has 0 bridgehead atoms. The van der Waals surface area contributed by atoms with Gasteiger partial charge in [-0.2, -0.15) is 0 Å². The quantitative estimate of drug-likeness (QED) is 0.580. The van der Waals surface area contributed by atoms with Gasteiger partial charge in [0.2, 0.25) is 5.91 Å². The first-order valence-electron chi connectivity index (χ1n) is 6.82. The first-order valence-corrected chi connectivity index (χ1v) is 6.82. The fourth-order valence-electron chi connectivity index (χ4n) is 1.07. The Hall–Kier alpha value is -0.650. The molecule has 0 radical (unpaired) electrons. The molecule has 5 heteroatoms. The molecule has 0 aliphatic heterocycles. The van der Waals surface area contributed by atoms with E-state index in [1.54, 1.807) is 0 Å². The molecule has 0 fully saturated rings. The van der Waals surface area contributed by atoms with E-state index in [-0.39, 0.29) is 18.6 Å². The van der Waals surface area contributed by atoms with E-state index in [2.05, 4.69) is 17.6 Å². The summed E-state index contributed by atoms with van der Waals surface area (Å²) in [5, 5.41) is 5.90. The second-order valence-corrected chi connectivity index (χ2v) is 3.74. The summed E-state index contributed by atoms with van der Waals surface area (Å²) in [6.07, 6.45) is 0. The first kappa shape index (κ1) is 19.7. The van der Waals surface area contributed by atoms with Crippen molar-refractivity contribution >= 4 is 5.91 Å². The lowest BCUT2D eigenvalue weighted by molar-refractivity contribution is -0.126. The van der Waals surface area contributed by atoms with E-state index >= 15 is 0 Å². The Bertz CT molecular complexity index is 176. The molecule has 0 unspecified atom stereocenters. The van der Waals surface area contributed by atoms with Crippen LogP contribution in [0.25, 0.3) is 0 Å². The Labute approximate surface area is 112 Å². The average molecular weight is 262 g/mol. The molecule has 0 aromatic carbocycles. The highest BCUT2D eigenvalue weighted by Gasteiger charge is 2.02. The number of rotatable bonds is 10. The highest BCUT2D eigenvalue weighted by molar-refractivity contribution is 5.77. The summed E-state index contributed by atoms with van der Waals surface area (Å²) in [5.41, 5.74) is 0. The molecular formula is C13H30N2O3. The third-order valence-corrected chi connectivity index (χ3v) is 1.73. The van der Waals surface area contributed by atoms with Crippen molar-refractivity contribution in [1.29, 1.82) is 0 Å². The Morgan fingerprint density at radius 2 is 1.72 bits per heavy atom. The van der Waals surface area contributed by atoms with E-state index in [1.807, 2.05) is 27.7 Å². The van der Waals surface area contributed by atoms with Crippen LogP contribution < -0.4 is 10.6 Å². The molecule has 0 aliphatic rings. The molecule has 0 saturated carbocycles. The normalized spacial score (nSPS) is 9.89. The summed E-state index contributed by atoms with van der Waals surface area (Å²) in [6, 6.07) is 0.160. The number of nitrogens with one attached hydrogen (secondary N) is 2. The van der Waals surface area contributed by atoms with Crippen LogP contribution in [0.15, 0.2) is 0 Å². The van der Waals surface area contributed by atoms with Gasteiger partial charge in [0, 0.05) is 12.6 Å². The van der Waals surface area contributed by atoms with E-state index in [9.17, 15) is 4.79 Å². The van der Waals surface area contributed by atoms with Gasteiger partial charge in [0.05, 0.1) is 19.8 Å². The molecule has 5 nitrogen and oxygen atoms in total. The number of hydrogen-bond donors (Lipinski definition) is 2. The molecule has 0 heterocycles. The molecular weight excluding hydrogens is 232 g/mol. The van der Waals surface area contributed by atoms with Crippen LogP contribution in [0.4, 0.5) is 0 Å². The maximum absolute atomic E-state index is 11.1. The van der Waals surface area contributed by atoms with Crippen LogP contribution in [0.1, 0.15) is 34.6 Å². The minimum atomic E-state index is -0.0809. The van der Waals surface area contributed by atoms with Crippen molar-refractivity contribution in [3.8, 4) is 0 Å². The summed E-state index contributed by atoms with van der Waals surface area (Å²) >= 11 is 0. The molecule has 0 aromatic heterocycles. The summed E-state index contributed by atoms with van der Waals surface area (Å²) in [7, 11) is 0. The third kappa shape index (κ3) is 17.7. The fraction of sp³-hybridized carbons (Fsp3) is 0.923. The zero-order chi connectivity index (χ0) is 14.2. The molecule has 2 N–H and O–H groups in total. The van der Waals surface area contributed by atoms with Gasteiger partial charge in [-0.25, -0.2) is 0 Å². The molecule has 1 amide bonds. The molecule has 0 aromatic rings. The largest absolute Gasteiger partial charge is 0.378 e. The zero-order valence-electron chi connectivity index (χ0n) is 12.5. The summed E-state index contributed by atoms with van der Waals surface area (Å²) in [4.78, 5) is 11.1. The Morgan fingerprint density at radius 3 is 2.28 bits per heavy atom. The van der Waals surface area contributed by atoms with Gasteiger partial charge in [-0.1, -0.05) is 20.8 Å². The van der Waals surface area contributed by atoms with Gasteiger partial charge >= 0.3 is 0 Å². The molecule has 0 saturated heterocycles. The van der Waals surface area contributed by atoms with Crippen molar-refractivity contribution < 1.29 is 14.3 Å². The lowest BCUT2D eigenvalue weighted by Gasteiger charge is -2.09. The van der Waals surface area contributed by atoms with Gasteiger partial charge in [0.25, 0.3) is 0 Å². The number of hydrogen-bond acceptors (Lipinski definition) is 4. The van der Waals surface area contributed by atoms with Crippen LogP contribution in [-0.2, 0) is 14.3 Å². The minimum absolute atomic E-state index is 0.0809. The SMILES string of the molecule is CC.CCNCCOCCOCC(=O)NC(C)C. The minimum Gasteiger partial charge on any atom is -0.378 e. The molecule has 0 rings (SSSR count). The highest BCUT2D eigenvalue weighted by atomic mass is 16.5. The van der Waals surface area contributed by atoms with Gasteiger partial charge in [0.15, 0.2) is 0 Å². The van der Waals surface area contributed by atoms with Crippen molar-refractivity contribution in [2.24, 2.45) is 0 Å². The van der Waals surface area contributed by atoms with Crippen LogP contribution in [0.2, 0.25) is 0 Å². The van der Waals surface area contributed by atoms with Crippen molar-refractivity contribution in [1.82, 2.24) is 10.6 Å². The predicted octanol–water partition coefficient (Wildman–Crippen LogP) is 1.18. The molecule has 110 valence electrons. The zero-order valence-corrected chi connectivity index (χ0v) is 12.5. The van der Waals surface area contributed by atoms with Crippen molar-refractivity contribution in [3.05, 3.63) is 0 Å². The summed E-state index contributed by atoms with van der Waals surface area (Å²) in [6.45, 7) is 13.5. The maximum Gasteiger partial charge on any atom is 0.246 e. The van der Waals surface area contributed by atoms with E-state index < -0.39 is 0 Å². The van der Waals surface area contributed by atoms with Crippen LogP contribution in [0.5, 0.6) is 0 Å². The lowest BCUT2D eigenvalue weighted by atomic mass is 10.4. The lowest BCUT2D eigenvalue weighted by Crippen LogP contribution is -2.33. The standard InChI is InChI=1S/C11H24N2O3.C2H6/c1-4-12-5-6-15-7-8-16-9-11(14)13-10(2)3;1-2/h10,12H,4-9H2,1-3H3,(H,13,14);1-2H3. The number of likely N-dealkylation sites (N-methyl/N-ethyl adjacent to an activating group) is 1. The van der Waals surface area contributed by atoms with Crippen molar-refractivity contribution in [3.63, 3.8) is 0 Å². The second kappa shape index (κ2) is 16.4. The fourth-order valence-corrected chi connectivity index (χ4v) is 1.07. The monoisotopic (exact) mass is 262 g/mol.